The Kier molecular flexibility index (Phi) is 9.75. The topological polar surface area (TPSA) is 42.7 Å². The number of hydrogen-bond donors (Lipinski definition) is 0. The highest BCUT2D eigenvalue weighted by molar-refractivity contribution is 6.66. The number of anilines is 2. The van der Waals surface area contributed by atoms with Gasteiger partial charge in [0, 0.05) is 43.7 Å². The van der Waals surface area contributed by atoms with Crippen LogP contribution in [-0.2, 0) is 0 Å². The molecule has 3 aromatic heterocycles. The van der Waals surface area contributed by atoms with Crippen molar-refractivity contribution < 1.29 is 13.3 Å². The molecule has 0 fully saturated rings. The summed E-state index contributed by atoms with van der Waals surface area (Å²) in [7, 11) is 25.8. The van der Waals surface area contributed by atoms with Crippen molar-refractivity contribution in [2.24, 2.45) is 0 Å². The minimum Gasteiger partial charge on any atom is -0.456 e. The van der Waals surface area contributed by atoms with Gasteiger partial charge < -0.3 is 18.2 Å². The summed E-state index contributed by atoms with van der Waals surface area (Å²) in [5, 5.41) is 6.94. The van der Waals surface area contributed by atoms with Crippen LogP contribution in [0.5, 0.6) is 0 Å². The highest BCUT2D eigenvalue weighted by atomic mass is 16.3. The molecule has 0 saturated carbocycles. The van der Waals surface area contributed by atoms with Gasteiger partial charge in [0.1, 0.15) is 120 Å². The van der Waals surface area contributed by atoms with Gasteiger partial charge in [-0.2, -0.15) is 0 Å². The zero-order chi connectivity index (χ0) is 47.0. The van der Waals surface area contributed by atoms with E-state index in [0.717, 1.165) is 49.7 Å². The molecule has 1 unspecified atom stereocenters. The molecule has 0 bridgehead atoms. The number of benzene rings is 8. The lowest BCUT2D eigenvalue weighted by molar-refractivity contribution is 0.668. The van der Waals surface area contributed by atoms with E-state index in [-0.39, 0.29) is 6.04 Å². The Hall–Kier alpha value is -6.85. The number of allylic oxidation sites excluding steroid dienone is 2. The predicted octanol–water partition coefficient (Wildman–Crippen LogP) is -2.17. The lowest BCUT2D eigenvalue weighted by Crippen LogP contribution is -2.54. The van der Waals surface area contributed by atoms with E-state index in [9.17, 15) is 0 Å². The molecule has 312 valence electrons. The third kappa shape index (κ3) is 5.90. The molecule has 0 radical (unpaired) electrons. The van der Waals surface area contributed by atoms with Crippen molar-refractivity contribution in [2.45, 2.75) is 6.04 Å². The number of para-hydroxylation sites is 3. The van der Waals surface area contributed by atoms with Gasteiger partial charge in [0.15, 0.2) is 0 Å². The highest BCUT2D eigenvalue weighted by Gasteiger charge is 2.37. The van der Waals surface area contributed by atoms with Crippen LogP contribution in [0.1, 0.15) is 5.56 Å². The highest BCUT2D eigenvalue weighted by Crippen LogP contribution is 2.45. The van der Waals surface area contributed by atoms with Crippen LogP contribution in [0.15, 0.2) is 157 Å². The van der Waals surface area contributed by atoms with Crippen LogP contribution in [0, 0.1) is 0 Å². The molecule has 12 rings (SSSR count). The van der Waals surface area contributed by atoms with Crippen LogP contribution in [0.4, 0.5) is 11.4 Å². The van der Waals surface area contributed by atoms with Crippen LogP contribution in [0.3, 0.4) is 0 Å². The molecule has 1 atom stereocenters. The number of hydrogen-bond acceptors (Lipinski definition) is 4. The monoisotopic (exact) mass is 863 g/mol. The van der Waals surface area contributed by atoms with Crippen LogP contribution >= 0.6 is 0 Å². The normalized spacial score (nSPS) is 14.3. The van der Waals surface area contributed by atoms with Gasteiger partial charge in [-0.25, -0.2) is 0 Å². The molecule has 1 aliphatic carbocycles. The van der Waals surface area contributed by atoms with Crippen molar-refractivity contribution in [3.63, 3.8) is 0 Å². The lowest BCUT2D eigenvalue weighted by Gasteiger charge is -2.42. The van der Waals surface area contributed by atoms with Gasteiger partial charge in [-0.3, -0.25) is 0 Å². The standard InChI is InChI=1S/C53H44B11NO3/c54-40-37(25-13-7-19-31-34(25)22-10-1-4-16-28(22)66-31)41(55)48(62)52(47(40)61)65(51-45(59)39(44(58)46(51)60)27-15-9-21-33-36(27)24-12-3-6-18-30(24)68-33)53-49(63)42(56)38(43(57)50(53)64)26-14-8-20-32-35(26)23-11-2-5-17-29(23)67-32/h1-21,51H,54-64H2. The van der Waals surface area contributed by atoms with Crippen LogP contribution < -0.4 is 48.6 Å². The Labute approximate surface area is 406 Å². The van der Waals surface area contributed by atoms with Crippen molar-refractivity contribution in [1.29, 1.82) is 0 Å². The van der Waals surface area contributed by atoms with Gasteiger partial charge in [0.05, 0.1) is 6.04 Å². The number of furan rings is 3. The summed E-state index contributed by atoms with van der Waals surface area (Å²) in [5.74, 6) is 0. The fourth-order valence-electron chi connectivity index (χ4n) is 12.4. The molecule has 68 heavy (non-hydrogen) atoms. The summed E-state index contributed by atoms with van der Waals surface area (Å²) in [4.78, 5) is 2.75. The minimum atomic E-state index is -0.0648. The molecule has 1 aliphatic rings. The second-order valence-corrected chi connectivity index (χ2v) is 19.4. The SMILES string of the molecule is BC1=C(B)C(N(c2c(B)c(B)c(-c3cccc4oc5ccccc5c34)c(B)c2B)c2c(B)c(B)c(-c3cccc4oc5ccccc5c34)c(B)c2B)C(B)=C1c1cccc2oc3ccccc3c12. The first-order chi connectivity index (χ1) is 32.9. The van der Waals surface area contributed by atoms with E-state index < -0.39 is 0 Å². The van der Waals surface area contributed by atoms with E-state index in [1.807, 2.05) is 0 Å². The zero-order valence-electron chi connectivity index (χ0n) is 40.9. The lowest BCUT2D eigenvalue weighted by atomic mass is 9.62. The van der Waals surface area contributed by atoms with E-state index in [1.54, 1.807) is 0 Å². The fourth-order valence-corrected chi connectivity index (χ4v) is 12.4. The molecule has 8 aromatic carbocycles. The number of fused-ring (bicyclic) bond motifs is 9. The van der Waals surface area contributed by atoms with E-state index in [0.29, 0.717) is 0 Å². The molecule has 0 aliphatic heterocycles. The summed E-state index contributed by atoms with van der Waals surface area (Å²) in [6.45, 7) is 0. The second kappa shape index (κ2) is 15.6. The quantitative estimate of drug-likeness (QED) is 0.179. The largest absolute Gasteiger partial charge is 0.456 e. The summed E-state index contributed by atoms with van der Waals surface area (Å²) in [5.41, 5.74) is 29.7. The van der Waals surface area contributed by atoms with E-state index in [4.69, 9.17) is 13.3 Å². The maximum Gasteiger partial charge on any atom is 0.141 e. The maximum absolute atomic E-state index is 6.50. The summed E-state index contributed by atoms with van der Waals surface area (Å²) in [6, 6.07) is 44.9. The second-order valence-electron chi connectivity index (χ2n) is 19.4. The first-order valence-electron chi connectivity index (χ1n) is 24.0. The molecule has 0 N–H and O–H groups in total. The fraction of sp³-hybridized carbons (Fsp3) is 0.0189. The molecule has 0 saturated heterocycles. The van der Waals surface area contributed by atoms with Crippen molar-refractivity contribution in [3.8, 4) is 22.3 Å². The minimum absolute atomic E-state index is 0.0648. The molecular formula is C53H44B11NO3. The van der Waals surface area contributed by atoms with Gasteiger partial charge in [-0.05, 0) is 69.8 Å². The Bertz CT molecular complexity index is 3850. The zero-order valence-corrected chi connectivity index (χ0v) is 40.9. The molecule has 0 spiro atoms. The Morgan fingerprint density at radius 3 is 1.03 bits per heavy atom. The van der Waals surface area contributed by atoms with Gasteiger partial charge in [-0.1, -0.05) is 151 Å². The molecular weight excluding hydrogens is 818 g/mol. The maximum atomic E-state index is 6.50. The molecule has 4 nitrogen and oxygen atoms in total. The molecule has 3 heterocycles. The van der Waals surface area contributed by atoms with Crippen LogP contribution in [-0.4, -0.2) is 92.4 Å². The van der Waals surface area contributed by atoms with Crippen molar-refractivity contribution in [3.05, 3.63) is 149 Å². The van der Waals surface area contributed by atoms with Crippen LogP contribution in [0.25, 0.3) is 93.6 Å². The molecule has 0 amide bonds. The number of nitrogens with zero attached hydrogens (tertiary/aromatic N) is 1. The van der Waals surface area contributed by atoms with Crippen molar-refractivity contribution >= 4 is 213 Å². The number of rotatable bonds is 6. The Morgan fingerprint density at radius 2 is 0.647 bits per heavy atom. The average Bonchev–Trinajstić information content (AvgIpc) is 4.09. The third-order valence-corrected chi connectivity index (χ3v) is 16.1. The average molecular weight is 862 g/mol. The van der Waals surface area contributed by atoms with E-state index in [1.165, 1.54) is 121 Å². The van der Waals surface area contributed by atoms with Gasteiger partial charge >= 0.3 is 0 Å². The van der Waals surface area contributed by atoms with Gasteiger partial charge in [-0.15, -0.1) is 0 Å². The van der Waals surface area contributed by atoms with E-state index >= 15 is 0 Å². The summed E-state index contributed by atoms with van der Waals surface area (Å²) < 4.78 is 19.4. The first-order valence-corrected chi connectivity index (χ1v) is 24.0. The summed E-state index contributed by atoms with van der Waals surface area (Å²) >= 11 is 0. The van der Waals surface area contributed by atoms with Crippen LogP contribution in [0.2, 0.25) is 0 Å². The molecule has 11 aromatic rings. The Balaban J connectivity index is 1.15. The van der Waals surface area contributed by atoms with Crippen molar-refractivity contribution in [1.82, 2.24) is 0 Å². The Morgan fingerprint density at radius 1 is 0.324 bits per heavy atom. The van der Waals surface area contributed by atoms with Crippen molar-refractivity contribution in [2.75, 3.05) is 4.90 Å². The first kappa shape index (κ1) is 42.5. The smallest absolute Gasteiger partial charge is 0.141 e. The van der Waals surface area contributed by atoms with E-state index in [2.05, 4.69) is 219 Å². The van der Waals surface area contributed by atoms with Gasteiger partial charge in [0.2, 0.25) is 0 Å². The third-order valence-electron chi connectivity index (χ3n) is 16.1. The predicted molar refractivity (Wildman–Crippen MR) is 323 cm³/mol. The van der Waals surface area contributed by atoms with Gasteiger partial charge in [0.25, 0.3) is 0 Å². The molecule has 15 heteroatoms. The summed E-state index contributed by atoms with van der Waals surface area (Å²) in [6.07, 6.45) is 0.